The number of aliphatic imine (C=N–C) groups is 1. The van der Waals surface area contributed by atoms with Gasteiger partial charge in [0, 0.05) is 21.2 Å². The van der Waals surface area contributed by atoms with Crippen LogP contribution in [-0.2, 0) is 16.1 Å². The molecular formula is C24H17Cl2NO4. The summed E-state index contributed by atoms with van der Waals surface area (Å²) >= 11 is 12.1. The first-order valence-electron chi connectivity index (χ1n) is 9.36. The van der Waals surface area contributed by atoms with Crippen molar-refractivity contribution in [2.24, 2.45) is 4.99 Å². The Kier molecular flexibility index (Phi) is 6.26. The number of halogens is 2. The second-order valence-corrected chi connectivity index (χ2v) is 7.48. The molecule has 0 saturated heterocycles. The fourth-order valence-electron chi connectivity index (χ4n) is 2.95. The molecule has 0 fully saturated rings. The second-order valence-electron chi connectivity index (χ2n) is 6.63. The van der Waals surface area contributed by atoms with Crippen molar-refractivity contribution >= 4 is 41.1 Å². The zero-order chi connectivity index (χ0) is 21.8. The predicted molar refractivity (Wildman–Crippen MR) is 121 cm³/mol. The quantitative estimate of drug-likeness (QED) is 0.343. The van der Waals surface area contributed by atoms with Gasteiger partial charge in [-0.15, -0.1) is 0 Å². The van der Waals surface area contributed by atoms with Gasteiger partial charge >= 0.3 is 5.97 Å². The van der Waals surface area contributed by atoms with Gasteiger partial charge in [-0.2, -0.15) is 0 Å². The zero-order valence-corrected chi connectivity index (χ0v) is 18.0. The SMILES string of the molecule is COc1cc(/C=C2\N=C(c3ccc(Cl)cc3)OC2=O)ccc1OCc1ccccc1Cl. The molecule has 5 nitrogen and oxygen atoms in total. The summed E-state index contributed by atoms with van der Waals surface area (Å²) in [6.45, 7) is 0.303. The topological polar surface area (TPSA) is 57.1 Å². The molecule has 0 radical (unpaired) electrons. The largest absolute Gasteiger partial charge is 0.493 e. The smallest absolute Gasteiger partial charge is 0.363 e. The molecule has 1 aliphatic rings. The van der Waals surface area contributed by atoms with E-state index in [1.807, 2.05) is 24.3 Å². The molecule has 0 N–H and O–H groups in total. The minimum absolute atomic E-state index is 0.191. The second kappa shape index (κ2) is 9.25. The summed E-state index contributed by atoms with van der Waals surface area (Å²) in [5.74, 6) is 0.793. The number of benzene rings is 3. The highest BCUT2D eigenvalue weighted by atomic mass is 35.5. The number of esters is 1. The highest BCUT2D eigenvalue weighted by Gasteiger charge is 2.24. The maximum atomic E-state index is 12.2. The fourth-order valence-corrected chi connectivity index (χ4v) is 3.26. The third-order valence-electron chi connectivity index (χ3n) is 4.54. The van der Waals surface area contributed by atoms with Crippen LogP contribution in [0.2, 0.25) is 10.0 Å². The van der Waals surface area contributed by atoms with Gasteiger partial charge in [-0.3, -0.25) is 0 Å². The third kappa shape index (κ3) is 4.90. The van der Waals surface area contributed by atoms with Gasteiger partial charge in [0.15, 0.2) is 17.2 Å². The van der Waals surface area contributed by atoms with Crippen molar-refractivity contribution in [2.45, 2.75) is 6.61 Å². The van der Waals surface area contributed by atoms with Gasteiger partial charge in [0.1, 0.15) is 6.61 Å². The number of hydrogen-bond donors (Lipinski definition) is 0. The average molecular weight is 454 g/mol. The lowest BCUT2D eigenvalue weighted by molar-refractivity contribution is -0.129. The third-order valence-corrected chi connectivity index (χ3v) is 5.16. The maximum absolute atomic E-state index is 12.2. The number of nitrogens with zero attached hydrogens (tertiary/aromatic N) is 1. The number of cyclic esters (lactones) is 1. The Labute approximate surface area is 189 Å². The standard InChI is InChI=1S/C24H17Cl2NO4/c1-29-22-13-15(6-11-21(22)30-14-17-4-2-3-5-19(17)26)12-20-24(28)31-23(27-20)16-7-9-18(25)10-8-16/h2-13H,14H2,1H3/b20-12-. The molecule has 1 heterocycles. The lowest BCUT2D eigenvalue weighted by Crippen LogP contribution is -2.05. The summed E-state index contributed by atoms with van der Waals surface area (Å²) in [7, 11) is 1.55. The van der Waals surface area contributed by atoms with Crippen molar-refractivity contribution in [2.75, 3.05) is 7.11 Å². The molecule has 3 aromatic carbocycles. The van der Waals surface area contributed by atoms with Crippen molar-refractivity contribution < 1.29 is 19.0 Å². The maximum Gasteiger partial charge on any atom is 0.363 e. The van der Waals surface area contributed by atoms with Crippen LogP contribution in [-0.4, -0.2) is 19.0 Å². The minimum Gasteiger partial charge on any atom is -0.493 e. The molecule has 0 spiro atoms. The van der Waals surface area contributed by atoms with E-state index in [9.17, 15) is 4.79 Å². The van der Waals surface area contributed by atoms with E-state index in [-0.39, 0.29) is 11.6 Å². The monoisotopic (exact) mass is 453 g/mol. The van der Waals surface area contributed by atoms with Crippen LogP contribution in [0.1, 0.15) is 16.7 Å². The highest BCUT2D eigenvalue weighted by Crippen LogP contribution is 2.31. The first-order chi connectivity index (χ1) is 15.0. The molecule has 0 unspecified atom stereocenters. The normalized spacial score (nSPS) is 14.4. The molecule has 0 aliphatic carbocycles. The molecule has 1 aliphatic heterocycles. The number of rotatable bonds is 6. The summed E-state index contributed by atoms with van der Waals surface area (Å²) in [4.78, 5) is 16.5. The first-order valence-corrected chi connectivity index (χ1v) is 10.1. The lowest BCUT2D eigenvalue weighted by Gasteiger charge is -2.12. The van der Waals surface area contributed by atoms with E-state index in [4.69, 9.17) is 37.4 Å². The van der Waals surface area contributed by atoms with Gasteiger partial charge < -0.3 is 14.2 Å². The van der Waals surface area contributed by atoms with Gasteiger partial charge in [-0.05, 0) is 54.1 Å². The van der Waals surface area contributed by atoms with Crippen LogP contribution in [0.5, 0.6) is 11.5 Å². The van der Waals surface area contributed by atoms with Crippen molar-refractivity contribution in [3.8, 4) is 11.5 Å². The van der Waals surface area contributed by atoms with Gasteiger partial charge in [0.2, 0.25) is 5.90 Å². The van der Waals surface area contributed by atoms with E-state index in [2.05, 4.69) is 4.99 Å². The predicted octanol–water partition coefficient (Wildman–Crippen LogP) is 5.93. The van der Waals surface area contributed by atoms with Gasteiger partial charge in [0.25, 0.3) is 0 Å². The molecule has 0 amide bonds. The van der Waals surface area contributed by atoms with Crippen LogP contribution in [0.25, 0.3) is 6.08 Å². The van der Waals surface area contributed by atoms with Gasteiger partial charge in [-0.1, -0.05) is 47.5 Å². The number of hydrogen-bond acceptors (Lipinski definition) is 5. The van der Waals surface area contributed by atoms with E-state index < -0.39 is 5.97 Å². The number of carbonyl (C=O) groups is 1. The number of methoxy groups -OCH3 is 1. The zero-order valence-electron chi connectivity index (χ0n) is 16.5. The fraction of sp³-hybridized carbons (Fsp3) is 0.0833. The highest BCUT2D eigenvalue weighted by molar-refractivity contribution is 6.31. The van der Waals surface area contributed by atoms with Crippen molar-refractivity contribution in [3.05, 3.63) is 99.2 Å². The summed E-state index contributed by atoms with van der Waals surface area (Å²) in [5, 5.41) is 1.23. The first kappa shape index (κ1) is 21.0. The summed E-state index contributed by atoms with van der Waals surface area (Å²) in [6, 6.07) is 19.7. The number of ether oxygens (including phenoxy) is 3. The van der Waals surface area contributed by atoms with Crippen molar-refractivity contribution in [1.82, 2.24) is 0 Å². The number of carbonyl (C=O) groups excluding carboxylic acids is 1. The van der Waals surface area contributed by atoms with Crippen LogP contribution in [0, 0.1) is 0 Å². The Morgan fingerprint density at radius 3 is 2.52 bits per heavy atom. The van der Waals surface area contributed by atoms with Gasteiger partial charge in [-0.25, -0.2) is 9.79 Å². The van der Waals surface area contributed by atoms with Crippen LogP contribution in [0.4, 0.5) is 0 Å². The van der Waals surface area contributed by atoms with Crippen molar-refractivity contribution in [3.63, 3.8) is 0 Å². The molecule has 0 bridgehead atoms. The van der Waals surface area contributed by atoms with E-state index >= 15 is 0 Å². The molecule has 156 valence electrons. The molecule has 3 aromatic rings. The Hall–Kier alpha value is -3.28. The van der Waals surface area contributed by atoms with E-state index in [0.29, 0.717) is 33.7 Å². The lowest BCUT2D eigenvalue weighted by atomic mass is 10.1. The van der Waals surface area contributed by atoms with Crippen LogP contribution in [0.15, 0.2) is 77.4 Å². The van der Waals surface area contributed by atoms with Crippen LogP contribution >= 0.6 is 23.2 Å². The van der Waals surface area contributed by atoms with E-state index in [1.165, 1.54) is 0 Å². The van der Waals surface area contributed by atoms with Crippen molar-refractivity contribution in [1.29, 1.82) is 0 Å². The summed E-state index contributed by atoms with van der Waals surface area (Å²) in [6.07, 6.45) is 1.63. The Bertz CT molecular complexity index is 1190. The molecule has 4 rings (SSSR count). The average Bonchev–Trinajstić information content (AvgIpc) is 3.14. The Balaban J connectivity index is 1.54. The molecular weight excluding hydrogens is 437 g/mol. The summed E-state index contributed by atoms with van der Waals surface area (Å²) < 4.78 is 16.6. The summed E-state index contributed by atoms with van der Waals surface area (Å²) in [5.41, 5.74) is 2.45. The molecule has 7 heteroatoms. The Morgan fingerprint density at radius 1 is 1.00 bits per heavy atom. The molecule has 0 atom stereocenters. The minimum atomic E-state index is -0.525. The molecule has 31 heavy (non-hydrogen) atoms. The van der Waals surface area contributed by atoms with Gasteiger partial charge in [0.05, 0.1) is 7.11 Å². The van der Waals surface area contributed by atoms with E-state index in [1.54, 1.807) is 55.7 Å². The molecule has 0 saturated carbocycles. The Morgan fingerprint density at radius 2 is 1.77 bits per heavy atom. The van der Waals surface area contributed by atoms with E-state index in [0.717, 1.165) is 11.1 Å². The van der Waals surface area contributed by atoms with Crippen LogP contribution < -0.4 is 9.47 Å². The molecule has 0 aromatic heterocycles. The van der Waals surface area contributed by atoms with Crippen LogP contribution in [0.3, 0.4) is 0 Å².